The second-order valence-electron chi connectivity index (χ2n) is 5.61. The topological polar surface area (TPSA) is 75.2 Å². The van der Waals surface area contributed by atoms with Crippen LogP contribution in [-0.2, 0) is 10.0 Å². The molecule has 2 unspecified atom stereocenters. The molecule has 1 aliphatic rings. The summed E-state index contributed by atoms with van der Waals surface area (Å²) in [5, 5.41) is 3.43. The van der Waals surface area contributed by atoms with Crippen LogP contribution in [0.2, 0.25) is 0 Å². The Labute approximate surface area is 127 Å². The number of sulfonamides is 1. The second kappa shape index (κ2) is 7.29. The Morgan fingerprint density at radius 1 is 1.48 bits per heavy atom. The van der Waals surface area contributed by atoms with Crippen LogP contribution in [0.3, 0.4) is 0 Å². The molecule has 2 heterocycles. The van der Waals surface area contributed by atoms with Crippen LogP contribution in [0.15, 0.2) is 18.6 Å². The van der Waals surface area contributed by atoms with Gasteiger partial charge in [-0.1, -0.05) is 6.92 Å². The lowest BCUT2D eigenvalue weighted by atomic mass is 9.91. The third-order valence-electron chi connectivity index (χ3n) is 3.91. The van der Waals surface area contributed by atoms with Gasteiger partial charge < -0.3 is 5.32 Å². The molecule has 1 aromatic rings. The number of piperidine rings is 1. The van der Waals surface area contributed by atoms with Gasteiger partial charge >= 0.3 is 0 Å². The predicted molar refractivity (Wildman–Crippen MR) is 82.2 cm³/mol. The average molecular weight is 312 g/mol. The van der Waals surface area contributed by atoms with E-state index in [2.05, 4.69) is 22.2 Å². The fraction of sp³-hybridized carbons (Fsp3) is 0.714. The standard InChI is InChI=1S/C14H24N4O2S/c1-3-16-13(14-10-15-6-7-17-14)9-12-5-4-8-18(11-12)21(2,19)20/h6-7,10,12-13,16H,3-5,8-9,11H2,1-2H3. The summed E-state index contributed by atoms with van der Waals surface area (Å²) in [5.74, 6) is 0.361. The van der Waals surface area contributed by atoms with E-state index in [0.717, 1.165) is 31.5 Å². The lowest BCUT2D eigenvalue weighted by molar-refractivity contribution is 0.237. The largest absolute Gasteiger partial charge is 0.309 e. The molecule has 2 rings (SSSR count). The monoisotopic (exact) mass is 312 g/mol. The normalized spacial score (nSPS) is 22.1. The van der Waals surface area contributed by atoms with Gasteiger partial charge in [0.05, 0.1) is 18.0 Å². The van der Waals surface area contributed by atoms with Crippen molar-refractivity contribution in [2.75, 3.05) is 25.9 Å². The highest BCUT2D eigenvalue weighted by Gasteiger charge is 2.28. The smallest absolute Gasteiger partial charge is 0.211 e. The summed E-state index contributed by atoms with van der Waals surface area (Å²) in [6, 6.07) is 0.133. The van der Waals surface area contributed by atoms with E-state index in [1.807, 2.05) is 0 Å². The van der Waals surface area contributed by atoms with Crippen molar-refractivity contribution in [2.24, 2.45) is 5.92 Å². The van der Waals surface area contributed by atoms with Crippen LogP contribution in [0.1, 0.15) is 37.9 Å². The minimum atomic E-state index is -3.09. The molecule has 7 heteroatoms. The molecule has 6 nitrogen and oxygen atoms in total. The first-order chi connectivity index (χ1) is 10.0. The summed E-state index contributed by atoms with van der Waals surface area (Å²) in [6.45, 7) is 4.17. The number of hydrogen-bond acceptors (Lipinski definition) is 5. The predicted octanol–water partition coefficient (Wildman–Crippen LogP) is 1.19. The zero-order chi connectivity index (χ0) is 15.3. The van der Waals surface area contributed by atoms with Crippen LogP contribution in [0.4, 0.5) is 0 Å². The van der Waals surface area contributed by atoms with Crippen molar-refractivity contribution >= 4 is 10.0 Å². The number of nitrogens with zero attached hydrogens (tertiary/aromatic N) is 3. The van der Waals surface area contributed by atoms with E-state index in [4.69, 9.17) is 0 Å². The molecule has 1 N–H and O–H groups in total. The van der Waals surface area contributed by atoms with Crippen molar-refractivity contribution < 1.29 is 8.42 Å². The number of nitrogens with one attached hydrogen (secondary N) is 1. The second-order valence-corrected chi connectivity index (χ2v) is 7.59. The highest BCUT2D eigenvalue weighted by Crippen LogP contribution is 2.27. The zero-order valence-electron chi connectivity index (χ0n) is 12.7. The quantitative estimate of drug-likeness (QED) is 0.854. The molecule has 1 aliphatic heterocycles. The maximum absolute atomic E-state index is 11.7. The first-order valence-corrected chi connectivity index (χ1v) is 9.30. The van der Waals surface area contributed by atoms with Gasteiger partial charge in [-0.3, -0.25) is 9.97 Å². The SMILES string of the molecule is CCNC(CC1CCCN(S(C)(=O)=O)C1)c1cnccn1. The summed E-state index contributed by atoms with van der Waals surface area (Å²) >= 11 is 0. The van der Waals surface area contributed by atoms with E-state index in [0.29, 0.717) is 19.0 Å². The fourth-order valence-electron chi connectivity index (χ4n) is 2.90. The van der Waals surface area contributed by atoms with Crippen LogP contribution in [-0.4, -0.2) is 48.6 Å². The highest BCUT2D eigenvalue weighted by atomic mass is 32.2. The summed E-state index contributed by atoms with van der Waals surface area (Å²) < 4.78 is 25.0. The Morgan fingerprint density at radius 2 is 2.29 bits per heavy atom. The fourth-order valence-corrected chi connectivity index (χ4v) is 3.84. The van der Waals surface area contributed by atoms with Gasteiger partial charge in [0, 0.05) is 31.7 Å². The molecular weight excluding hydrogens is 288 g/mol. The Balaban J connectivity index is 2.03. The van der Waals surface area contributed by atoms with E-state index >= 15 is 0 Å². The number of aromatic nitrogens is 2. The molecule has 1 saturated heterocycles. The van der Waals surface area contributed by atoms with Crippen LogP contribution >= 0.6 is 0 Å². The van der Waals surface area contributed by atoms with Gasteiger partial charge in [0.2, 0.25) is 10.0 Å². The molecule has 0 aromatic carbocycles. The molecule has 0 radical (unpaired) electrons. The Kier molecular flexibility index (Phi) is 5.66. The van der Waals surface area contributed by atoms with Crippen molar-refractivity contribution in [3.8, 4) is 0 Å². The van der Waals surface area contributed by atoms with Crippen molar-refractivity contribution in [1.82, 2.24) is 19.6 Å². The van der Waals surface area contributed by atoms with Gasteiger partial charge in [-0.15, -0.1) is 0 Å². The molecule has 0 aliphatic carbocycles. The summed E-state index contributed by atoms with van der Waals surface area (Å²) in [7, 11) is -3.09. The maximum atomic E-state index is 11.7. The Hall–Kier alpha value is -1.05. The van der Waals surface area contributed by atoms with Crippen LogP contribution < -0.4 is 5.32 Å². The molecule has 0 spiro atoms. The maximum Gasteiger partial charge on any atom is 0.211 e. The van der Waals surface area contributed by atoms with Crippen molar-refractivity contribution in [3.63, 3.8) is 0 Å². The molecule has 0 saturated carbocycles. The molecule has 1 fully saturated rings. The number of rotatable bonds is 6. The van der Waals surface area contributed by atoms with Crippen LogP contribution in [0.25, 0.3) is 0 Å². The van der Waals surface area contributed by atoms with Gasteiger partial charge in [0.25, 0.3) is 0 Å². The summed E-state index contributed by atoms with van der Waals surface area (Å²) in [5.41, 5.74) is 0.927. The zero-order valence-corrected chi connectivity index (χ0v) is 13.5. The highest BCUT2D eigenvalue weighted by molar-refractivity contribution is 7.88. The molecule has 0 bridgehead atoms. The third-order valence-corrected chi connectivity index (χ3v) is 5.18. The molecule has 21 heavy (non-hydrogen) atoms. The molecule has 1 aromatic heterocycles. The van der Waals surface area contributed by atoms with Crippen molar-refractivity contribution in [1.29, 1.82) is 0 Å². The summed E-state index contributed by atoms with van der Waals surface area (Å²) in [6.07, 6.45) is 9.32. The first-order valence-electron chi connectivity index (χ1n) is 7.45. The van der Waals surface area contributed by atoms with Gasteiger partial charge in [-0.2, -0.15) is 0 Å². The molecular formula is C14H24N4O2S. The van der Waals surface area contributed by atoms with Gasteiger partial charge in [0.1, 0.15) is 0 Å². The van der Waals surface area contributed by atoms with Gasteiger partial charge in [0.15, 0.2) is 0 Å². The van der Waals surface area contributed by atoms with E-state index < -0.39 is 10.0 Å². The van der Waals surface area contributed by atoms with E-state index in [1.54, 1.807) is 22.9 Å². The van der Waals surface area contributed by atoms with Crippen LogP contribution in [0, 0.1) is 5.92 Å². The lowest BCUT2D eigenvalue weighted by Crippen LogP contribution is -2.40. The van der Waals surface area contributed by atoms with Gasteiger partial charge in [-0.25, -0.2) is 12.7 Å². The van der Waals surface area contributed by atoms with E-state index in [9.17, 15) is 8.42 Å². The minimum Gasteiger partial charge on any atom is -0.309 e. The molecule has 2 atom stereocenters. The Morgan fingerprint density at radius 3 is 2.90 bits per heavy atom. The third kappa shape index (κ3) is 4.72. The van der Waals surface area contributed by atoms with Crippen molar-refractivity contribution in [2.45, 2.75) is 32.2 Å². The Bertz CT molecular complexity index is 535. The average Bonchev–Trinajstić information content (AvgIpc) is 2.47. The lowest BCUT2D eigenvalue weighted by Gasteiger charge is -2.33. The van der Waals surface area contributed by atoms with E-state index in [-0.39, 0.29) is 6.04 Å². The van der Waals surface area contributed by atoms with Crippen LogP contribution in [0.5, 0.6) is 0 Å². The first kappa shape index (κ1) is 16.3. The molecule has 118 valence electrons. The summed E-state index contributed by atoms with van der Waals surface area (Å²) in [4.78, 5) is 8.50. The van der Waals surface area contributed by atoms with Crippen molar-refractivity contribution in [3.05, 3.63) is 24.3 Å². The van der Waals surface area contributed by atoms with Gasteiger partial charge in [-0.05, 0) is 31.7 Å². The number of hydrogen-bond donors (Lipinski definition) is 1. The van der Waals surface area contributed by atoms with E-state index in [1.165, 1.54) is 6.26 Å². The minimum absolute atomic E-state index is 0.133. The molecule has 0 amide bonds.